The summed E-state index contributed by atoms with van der Waals surface area (Å²) in [6.45, 7) is 2.12. The molecule has 0 saturated heterocycles. The van der Waals surface area contributed by atoms with Crippen LogP contribution in [-0.4, -0.2) is 0 Å². The Bertz CT molecular complexity index is 568. The van der Waals surface area contributed by atoms with Gasteiger partial charge in [0.2, 0.25) is 0 Å². The highest BCUT2D eigenvalue weighted by atomic mass is 14.6. The normalized spacial score (nSPS) is 15.4. The fourth-order valence-electron chi connectivity index (χ4n) is 2.72. The van der Waals surface area contributed by atoms with E-state index in [2.05, 4.69) is 43.3 Å². The molecule has 0 bridgehead atoms. The van der Waals surface area contributed by atoms with E-state index in [4.69, 9.17) is 5.73 Å². The minimum absolute atomic E-state index is 0.737. The van der Waals surface area contributed by atoms with Gasteiger partial charge in [0, 0.05) is 11.3 Å². The van der Waals surface area contributed by atoms with Crippen molar-refractivity contribution in [3.05, 3.63) is 53.6 Å². The standard InChI is InChI=1S/C17H19N/c1-12-9-10-17(18)16(11-12)15-8-3-2-7-14(15)13-5-4-6-13/h2-3,7-11,13H,4-6,18H2,1H3. The Morgan fingerprint density at radius 2 is 1.78 bits per heavy atom. The highest BCUT2D eigenvalue weighted by Gasteiger charge is 2.22. The SMILES string of the molecule is Cc1ccc(N)c(-c2ccccc2C2CCC2)c1. The summed E-state index contributed by atoms with van der Waals surface area (Å²) in [5.41, 5.74) is 12.3. The van der Waals surface area contributed by atoms with Crippen LogP contribution in [0.1, 0.15) is 36.3 Å². The third kappa shape index (κ3) is 1.90. The molecular formula is C17H19N. The number of rotatable bonds is 2. The van der Waals surface area contributed by atoms with Crippen LogP contribution in [0.2, 0.25) is 0 Å². The molecular weight excluding hydrogens is 218 g/mol. The molecule has 18 heavy (non-hydrogen) atoms. The van der Waals surface area contributed by atoms with Gasteiger partial charge in [0.25, 0.3) is 0 Å². The van der Waals surface area contributed by atoms with Crippen molar-refractivity contribution in [2.45, 2.75) is 32.1 Å². The average Bonchev–Trinajstić information content (AvgIpc) is 2.31. The summed E-state index contributed by atoms with van der Waals surface area (Å²) in [5, 5.41) is 0. The first-order valence-electron chi connectivity index (χ1n) is 6.71. The summed E-state index contributed by atoms with van der Waals surface area (Å²) in [7, 11) is 0. The molecule has 1 heteroatoms. The molecule has 1 aliphatic carbocycles. The number of benzene rings is 2. The zero-order valence-electron chi connectivity index (χ0n) is 10.8. The van der Waals surface area contributed by atoms with Gasteiger partial charge in [-0.05, 0) is 48.9 Å². The molecule has 0 atom stereocenters. The third-order valence-electron chi connectivity index (χ3n) is 4.00. The molecule has 0 aromatic heterocycles. The van der Waals surface area contributed by atoms with Crippen LogP contribution >= 0.6 is 0 Å². The maximum absolute atomic E-state index is 6.15. The summed E-state index contributed by atoms with van der Waals surface area (Å²) >= 11 is 0. The van der Waals surface area contributed by atoms with Crippen molar-refractivity contribution in [1.82, 2.24) is 0 Å². The van der Waals surface area contributed by atoms with Crippen molar-refractivity contribution >= 4 is 5.69 Å². The van der Waals surface area contributed by atoms with Gasteiger partial charge in [0.05, 0.1) is 0 Å². The summed E-state index contributed by atoms with van der Waals surface area (Å²) in [6.07, 6.45) is 4.01. The highest BCUT2D eigenvalue weighted by molar-refractivity contribution is 5.79. The summed E-state index contributed by atoms with van der Waals surface area (Å²) in [4.78, 5) is 0. The second-order valence-electron chi connectivity index (χ2n) is 5.31. The highest BCUT2D eigenvalue weighted by Crippen LogP contribution is 2.42. The van der Waals surface area contributed by atoms with Crippen molar-refractivity contribution < 1.29 is 0 Å². The van der Waals surface area contributed by atoms with Gasteiger partial charge in [-0.2, -0.15) is 0 Å². The fourth-order valence-corrected chi connectivity index (χ4v) is 2.72. The number of nitrogens with two attached hydrogens (primary N) is 1. The predicted molar refractivity (Wildman–Crippen MR) is 77.6 cm³/mol. The molecule has 1 nitrogen and oxygen atoms in total. The maximum Gasteiger partial charge on any atom is 0.0394 e. The first-order valence-corrected chi connectivity index (χ1v) is 6.71. The van der Waals surface area contributed by atoms with Crippen molar-refractivity contribution in [1.29, 1.82) is 0 Å². The summed E-state index contributed by atoms with van der Waals surface area (Å²) < 4.78 is 0. The van der Waals surface area contributed by atoms with E-state index in [1.807, 2.05) is 6.07 Å². The van der Waals surface area contributed by atoms with Crippen LogP contribution in [-0.2, 0) is 0 Å². The maximum atomic E-state index is 6.15. The lowest BCUT2D eigenvalue weighted by molar-refractivity contribution is 0.420. The zero-order chi connectivity index (χ0) is 12.5. The molecule has 1 aliphatic rings. The van der Waals surface area contributed by atoms with E-state index >= 15 is 0 Å². The van der Waals surface area contributed by atoms with E-state index in [1.54, 1.807) is 0 Å². The average molecular weight is 237 g/mol. The quantitative estimate of drug-likeness (QED) is 0.764. The molecule has 1 fully saturated rings. The van der Waals surface area contributed by atoms with Crippen LogP contribution in [0.25, 0.3) is 11.1 Å². The monoisotopic (exact) mass is 237 g/mol. The first kappa shape index (κ1) is 11.3. The summed E-state index contributed by atoms with van der Waals surface area (Å²) in [6, 6.07) is 15.0. The molecule has 92 valence electrons. The van der Waals surface area contributed by atoms with E-state index in [9.17, 15) is 0 Å². The Kier molecular flexibility index (Phi) is 2.83. The molecule has 2 N–H and O–H groups in total. The lowest BCUT2D eigenvalue weighted by Crippen LogP contribution is -2.10. The molecule has 3 rings (SSSR count). The van der Waals surface area contributed by atoms with E-state index < -0.39 is 0 Å². The molecule has 0 heterocycles. The lowest BCUT2D eigenvalue weighted by Gasteiger charge is -2.28. The van der Waals surface area contributed by atoms with Crippen molar-refractivity contribution in [2.75, 3.05) is 5.73 Å². The van der Waals surface area contributed by atoms with Crippen molar-refractivity contribution in [3.8, 4) is 11.1 Å². The van der Waals surface area contributed by atoms with Gasteiger partial charge in [-0.25, -0.2) is 0 Å². The van der Waals surface area contributed by atoms with Crippen molar-refractivity contribution in [3.63, 3.8) is 0 Å². The van der Waals surface area contributed by atoms with Crippen LogP contribution in [0.3, 0.4) is 0 Å². The van der Waals surface area contributed by atoms with E-state index in [-0.39, 0.29) is 0 Å². The number of hydrogen-bond acceptors (Lipinski definition) is 1. The Morgan fingerprint density at radius 1 is 1.00 bits per heavy atom. The molecule has 2 aromatic rings. The first-order chi connectivity index (χ1) is 8.75. The van der Waals surface area contributed by atoms with Gasteiger partial charge in [0.1, 0.15) is 0 Å². The topological polar surface area (TPSA) is 26.0 Å². The predicted octanol–water partition coefficient (Wildman–Crippen LogP) is 4.51. The Hall–Kier alpha value is -1.76. The molecule has 2 aromatic carbocycles. The molecule has 0 amide bonds. The molecule has 0 spiro atoms. The van der Waals surface area contributed by atoms with Gasteiger partial charge in [-0.1, -0.05) is 42.3 Å². The molecule has 0 unspecified atom stereocenters. The van der Waals surface area contributed by atoms with E-state index in [0.29, 0.717) is 0 Å². The van der Waals surface area contributed by atoms with Crippen LogP contribution in [0, 0.1) is 6.92 Å². The number of hydrogen-bond donors (Lipinski definition) is 1. The van der Waals surface area contributed by atoms with Crippen LogP contribution in [0.15, 0.2) is 42.5 Å². The van der Waals surface area contributed by atoms with E-state index in [0.717, 1.165) is 11.6 Å². The van der Waals surface area contributed by atoms with Gasteiger partial charge in [-0.3, -0.25) is 0 Å². The van der Waals surface area contributed by atoms with Crippen LogP contribution in [0.5, 0.6) is 0 Å². The minimum atomic E-state index is 0.737. The van der Waals surface area contributed by atoms with Gasteiger partial charge >= 0.3 is 0 Å². The number of nitrogen functional groups attached to an aromatic ring is 1. The van der Waals surface area contributed by atoms with E-state index in [1.165, 1.54) is 41.5 Å². The summed E-state index contributed by atoms with van der Waals surface area (Å²) in [5.74, 6) is 0.737. The fraction of sp³-hybridized carbons (Fsp3) is 0.294. The minimum Gasteiger partial charge on any atom is -0.398 e. The smallest absolute Gasteiger partial charge is 0.0394 e. The van der Waals surface area contributed by atoms with Gasteiger partial charge in [0.15, 0.2) is 0 Å². The second-order valence-corrected chi connectivity index (χ2v) is 5.31. The van der Waals surface area contributed by atoms with Gasteiger partial charge < -0.3 is 5.73 Å². The Labute approximate surface area is 109 Å². The lowest BCUT2D eigenvalue weighted by atomic mass is 9.77. The number of aryl methyl sites for hydroxylation is 1. The zero-order valence-corrected chi connectivity index (χ0v) is 10.8. The molecule has 0 aliphatic heterocycles. The molecule has 1 saturated carbocycles. The second kappa shape index (κ2) is 4.49. The Morgan fingerprint density at radius 3 is 2.50 bits per heavy atom. The van der Waals surface area contributed by atoms with Gasteiger partial charge in [-0.15, -0.1) is 0 Å². The van der Waals surface area contributed by atoms with Crippen LogP contribution in [0.4, 0.5) is 5.69 Å². The van der Waals surface area contributed by atoms with Crippen LogP contribution < -0.4 is 5.73 Å². The van der Waals surface area contributed by atoms with Crippen molar-refractivity contribution in [2.24, 2.45) is 0 Å². The number of anilines is 1. The third-order valence-corrected chi connectivity index (χ3v) is 4.00. The largest absolute Gasteiger partial charge is 0.398 e. The molecule has 0 radical (unpaired) electrons. The Balaban J connectivity index is 2.13.